The highest BCUT2D eigenvalue weighted by Gasteiger charge is 2.46. The lowest BCUT2D eigenvalue weighted by molar-refractivity contribution is -0.140. The van der Waals surface area contributed by atoms with Crippen molar-refractivity contribution in [3.05, 3.63) is 63.1 Å². The summed E-state index contributed by atoms with van der Waals surface area (Å²) in [7, 11) is 2.95. The Bertz CT molecular complexity index is 1100. The van der Waals surface area contributed by atoms with Crippen LogP contribution >= 0.6 is 23.2 Å². The summed E-state index contributed by atoms with van der Waals surface area (Å²) < 4.78 is 16.2. The van der Waals surface area contributed by atoms with Crippen molar-refractivity contribution in [3.8, 4) is 11.5 Å². The molecule has 1 N–H and O–H groups in total. The zero-order valence-electron chi connectivity index (χ0n) is 19.4. The van der Waals surface area contributed by atoms with E-state index in [0.717, 1.165) is 0 Å². The van der Waals surface area contributed by atoms with Gasteiger partial charge in [0.2, 0.25) is 0 Å². The van der Waals surface area contributed by atoms with Crippen LogP contribution in [0.2, 0.25) is 10.0 Å². The van der Waals surface area contributed by atoms with E-state index in [1.54, 1.807) is 31.4 Å². The van der Waals surface area contributed by atoms with Crippen LogP contribution in [0.25, 0.3) is 5.76 Å². The number of nitrogens with zero attached hydrogens (tertiary/aromatic N) is 1. The van der Waals surface area contributed by atoms with Crippen LogP contribution in [0.1, 0.15) is 37.4 Å². The molecule has 0 aliphatic carbocycles. The van der Waals surface area contributed by atoms with Crippen LogP contribution < -0.4 is 9.47 Å². The molecule has 1 amide bonds. The predicted molar refractivity (Wildman–Crippen MR) is 131 cm³/mol. The van der Waals surface area contributed by atoms with Gasteiger partial charge in [-0.3, -0.25) is 9.59 Å². The molecule has 1 heterocycles. The molecular formula is C25H27Cl2NO6. The number of aliphatic hydroxyl groups excluding tert-OH is 1. The highest BCUT2D eigenvalue weighted by molar-refractivity contribution is 6.46. The van der Waals surface area contributed by atoms with Gasteiger partial charge in [-0.1, -0.05) is 35.3 Å². The van der Waals surface area contributed by atoms with E-state index in [9.17, 15) is 14.7 Å². The molecular weight excluding hydrogens is 481 g/mol. The van der Waals surface area contributed by atoms with Gasteiger partial charge in [0.15, 0.2) is 0 Å². The van der Waals surface area contributed by atoms with Crippen LogP contribution in [0, 0.1) is 0 Å². The number of hydrogen-bond donors (Lipinski definition) is 1. The van der Waals surface area contributed by atoms with Crippen LogP contribution in [-0.2, 0) is 14.3 Å². The predicted octanol–water partition coefficient (Wildman–Crippen LogP) is 5.25. The molecule has 2 aromatic rings. The molecule has 0 bridgehead atoms. The van der Waals surface area contributed by atoms with E-state index in [0.29, 0.717) is 24.3 Å². The molecule has 1 aliphatic heterocycles. The van der Waals surface area contributed by atoms with Gasteiger partial charge in [0.05, 0.1) is 35.4 Å². The number of carbonyl (C=O) groups is 2. The number of ether oxygens (including phenoxy) is 3. The third-order valence-corrected chi connectivity index (χ3v) is 5.82. The van der Waals surface area contributed by atoms with Gasteiger partial charge in [-0.2, -0.15) is 0 Å². The van der Waals surface area contributed by atoms with Crippen molar-refractivity contribution in [2.45, 2.75) is 32.4 Å². The highest BCUT2D eigenvalue weighted by Crippen LogP contribution is 2.43. The Kier molecular flexibility index (Phi) is 8.47. The topological polar surface area (TPSA) is 85.3 Å². The van der Waals surface area contributed by atoms with E-state index in [-0.39, 0.29) is 39.6 Å². The van der Waals surface area contributed by atoms with Gasteiger partial charge in [-0.25, -0.2) is 0 Å². The minimum atomic E-state index is -0.826. The molecule has 0 aromatic heterocycles. The van der Waals surface area contributed by atoms with E-state index in [1.165, 1.54) is 24.1 Å². The number of aliphatic hydroxyl groups is 1. The number of Topliss-reactive ketones (excluding diaryl/α,β-unsaturated/α-hetero) is 1. The van der Waals surface area contributed by atoms with E-state index >= 15 is 0 Å². The highest BCUT2D eigenvalue weighted by atomic mass is 35.5. The zero-order chi connectivity index (χ0) is 25.0. The Hall–Kier alpha value is -2.74. The van der Waals surface area contributed by atoms with Gasteiger partial charge in [0, 0.05) is 25.3 Å². The average Bonchev–Trinajstić information content (AvgIpc) is 3.03. The average molecular weight is 508 g/mol. The summed E-state index contributed by atoms with van der Waals surface area (Å²) in [5.41, 5.74) is 0.692. The molecule has 9 heteroatoms. The first-order chi connectivity index (χ1) is 16.2. The van der Waals surface area contributed by atoms with Gasteiger partial charge in [0.25, 0.3) is 11.7 Å². The van der Waals surface area contributed by atoms with E-state index in [2.05, 4.69) is 0 Å². The molecule has 0 radical (unpaired) electrons. The Balaban J connectivity index is 2.17. The summed E-state index contributed by atoms with van der Waals surface area (Å²) in [6.45, 7) is 4.51. The van der Waals surface area contributed by atoms with Crippen molar-refractivity contribution < 1.29 is 28.9 Å². The zero-order valence-corrected chi connectivity index (χ0v) is 20.9. The Labute approximate surface area is 208 Å². The maximum atomic E-state index is 13.2. The first-order valence-electron chi connectivity index (χ1n) is 10.8. The molecule has 3 rings (SSSR count). The number of rotatable bonds is 9. The maximum Gasteiger partial charge on any atom is 0.295 e. The monoisotopic (exact) mass is 507 g/mol. The normalized spacial score (nSPS) is 17.5. The number of hydrogen-bond acceptors (Lipinski definition) is 6. The van der Waals surface area contributed by atoms with Crippen LogP contribution in [0.5, 0.6) is 11.5 Å². The van der Waals surface area contributed by atoms with Crippen molar-refractivity contribution in [2.24, 2.45) is 0 Å². The molecule has 7 nitrogen and oxygen atoms in total. The van der Waals surface area contributed by atoms with E-state index in [1.807, 2.05) is 13.8 Å². The Morgan fingerprint density at radius 1 is 1.12 bits per heavy atom. The molecule has 1 unspecified atom stereocenters. The molecule has 1 fully saturated rings. The number of benzene rings is 2. The standard InChI is InChI=1S/C25H27Cl2NO6/c1-14(2)34-17-8-6-15(7-9-17)21-20(23(30)25(31)28(21)10-5-11-32-3)22(29)18-12-16(26)13-19(27)24(18)33-4/h6-9,12-14,21,29H,5,10-11H2,1-4H3/b22-20+. The largest absolute Gasteiger partial charge is 0.507 e. The van der Waals surface area contributed by atoms with Crippen LogP contribution in [-0.4, -0.2) is 55.2 Å². The van der Waals surface area contributed by atoms with Crippen molar-refractivity contribution in [2.75, 3.05) is 27.4 Å². The lowest BCUT2D eigenvalue weighted by Gasteiger charge is -2.25. The number of carbonyl (C=O) groups excluding carboxylic acids is 2. The van der Waals surface area contributed by atoms with Gasteiger partial charge >= 0.3 is 0 Å². The van der Waals surface area contributed by atoms with E-state index < -0.39 is 23.5 Å². The summed E-state index contributed by atoms with van der Waals surface area (Å²) in [5.74, 6) is -1.13. The first kappa shape index (κ1) is 25.9. The van der Waals surface area contributed by atoms with Crippen molar-refractivity contribution >= 4 is 40.7 Å². The SMILES string of the molecule is COCCCN1C(=O)C(=O)/C(=C(/O)c2cc(Cl)cc(Cl)c2OC)C1c1ccc(OC(C)C)cc1. The Morgan fingerprint density at radius 2 is 1.79 bits per heavy atom. The van der Waals surface area contributed by atoms with Crippen LogP contribution in [0.15, 0.2) is 42.0 Å². The molecule has 0 spiro atoms. The lowest BCUT2D eigenvalue weighted by atomic mass is 9.95. The quantitative estimate of drug-likeness (QED) is 0.216. The number of methoxy groups -OCH3 is 2. The van der Waals surface area contributed by atoms with Crippen LogP contribution in [0.4, 0.5) is 0 Å². The smallest absolute Gasteiger partial charge is 0.295 e. The first-order valence-corrected chi connectivity index (χ1v) is 11.5. The summed E-state index contributed by atoms with van der Waals surface area (Å²) in [4.78, 5) is 27.6. The molecule has 1 atom stereocenters. The number of halogens is 2. The minimum absolute atomic E-state index is 0.00873. The van der Waals surface area contributed by atoms with E-state index in [4.69, 9.17) is 37.4 Å². The molecule has 1 aliphatic rings. The second-order valence-electron chi connectivity index (χ2n) is 8.04. The van der Waals surface area contributed by atoms with Gasteiger partial charge in [-0.05, 0) is 50.1 Å². The number of ketones is 1. The molecule has 34 heavy (non-hydrogen) atoms. The maximum absolute atomic E-state index is 13.2. The van der Waals surface area contributed by atoms with Crippen LogP contribution in [0.3, 0.4) is 0 Å². The Morgan fingerprint density at radius 3 is 2.38 bits per heavy atom. The van der Waals surface area contributed by atoms with Crippen molar-refractivity contribution in [3.63, 3.8) is 0 Å². The molecule has 2 aromatic carbocycles. The summed E-state index contributed by atoms with van der Waals surface area (Å²) in [5, 5.41) is 11.7. The second kappa shape index (κ2) is 11.1. The molecule has 0 saturated carbocycles. The molecule has 1 saturated heterocycles. The fraction of sp³-hybridized carbons (Fsp3) is 0.360. The number of likely N-dealkylation sites (tertiary alicyclic amines) is 1. The number of amides is 1. The third-order valence-electron chi connectivity index (χ3n) is 5.32. The van der Waals surface area contributed by atoms with Crippen molar-refractivity contribution in [1.82, 2.24) is 4.90 Å². The summed E-state index contributed by atoms with van der Waals surface area (Å²) >= 11 is 12.4. The van der Waals surface area contributed by atoms with Gasteiger partial charge in [-0.15, -0.1) is 0 Å². The fourth-order valence-electron chi connectivity index (χ4n) is 3.93. The fourth-order valence-corrected chi connectivity index (χ4v) is 4.50. The minimum Gasteiger partial charge on any atom is -0.507 e. The van der Waals surface area contributed by atoms with Gasteiger partial charge < -0.3 is 24.2 Å². The second-order valence-corrected chi connectivity index (χ2v) is 8.89. The third kappa shape index (κ3) is 5.32. The summed E-state index contributed by atoms with van der Waals surface area (Å²) in [6.07, 6.45) is 0.506. The molecule has 182 valence electrons. The summed E-state index contributed by atoms with van der Waals surface area (Å²) in [6, 6.07) is 9.15. The lowest BCUT2D eigenvalue weighted by Crippen LogP contribution is -2.31. The van der Waals surface area contributed by atoms with Crippen molar-refractivity contribution in [1.29, 1.82) is 0 Å². The van der Waals surface area contributed by atoms with Gasteiger partial charge in [0.1, 0.15) is 17.3 Å².